The summed E-state index contributed by atoms with van der Waals surface area (Å²) >= 11 is 0. The van der Waals surface area contributed by atoms with Gasteiger partial charge in [-0.25, -0.2) is 0 Å². The largest absolute Gasteiger partial charge is 0.481 e. The third kappa shape index (κ3) is 2.96. The lowest BCUT2D eigenvalue weighted by molar-refractivity contribution is -0.136. The second kappa shape index (κ2) is 5.83. The highest BCUT2D eigenvalue weighted by Crippen LogP contribution is 2.31. The van der Waals surface area contributed by atoms with Crippen molar-refractivity contribution in [1.29, 1.82) is 0 Å². The van der Waals surface area contributed by atoms with Gasteiger partial charge in [0.15, 0.2) is 0 Å². The molecule has 1 N–H and O–H groups in total. The van der Waals surface area contributed by atoms with Crippen LogP contribution in [0, 0.1) is 5.92 Å². The minimum absolute atomic E-state index is 0.118. The van der Waals surface area contributed by atoms with E-state index in [1.807, 2.05) is 6.07 Å². The molecule has 108 valence electrons. The van der Waals surface area contributed by atoms with Crippen molar-refractivity contribution in [3.8, 4) is 0 Å². The first-order valence-corrected chi connectivity index (χ1v) is 7.38. The molecule has 0 spiro atoms. The minimum Gasteiger partial charge on any atom is -0.481 e. The Kier molecular flexibility index (Phi) is 3.92. The van der Waals surface area contributed by atoms with Gasteiger partial charge in [-0.15, -0.1) is 0 Å². The second-order valence-electron chi connectivity index (χ2n) is 5.79. The molecule has 0 aromatic heterocycles. The Morgan fingerprint density at radius 2 is 2.15 bits per heavy atom. The van der Waals surface area contributed by atoms with Gasteiger partial charge in [0.25, 0.3) is 0 Å². The summed E-state index contributed by atoms with van der Waals surface area (Å²) in [6.07, 6.45) is 3.46. The molecule has 0 aliphatic carbocycles. The number of rotatable bonds is 4. The first-order chi connectivity index (χ1) is 9.72. The maximum atomic E-state index is 10.8. The van der Waals surface area contributed by atoms with E-state index >= 15 is 0 Å². The van der Waals surface area contributed by atoms with Gasteiger partial charge in [0.1, 0.15) is 0 Å². The number of hydrogen-bond donors (Lipinski definition) is 1. The number of ether oxygens (including phenoxy) is 1. The highest BCUT2D eigenvalue weighted by molar-refractivity contribution is 5.71. The van der Waals surface area contributed by atoms with Crippen molar-refractivity contribution in [2.75, 3.05) is 31.2 Å². The van der Waals surface area contributed by atoms with E-state index in [0.29, 0.717) is 0 Å². The summed E-state index contributed by atoms with van der Waals surface area (Å²) < 4.78 is 5.41. The predicted molar refractivity (Wildman–Crippen MR) is 77.2 cm³/mol. The average molecular weight is 275 g/mol. The van der Waals surface area contributed by atoms with Crippen LogP contribution in [0.3, 0.4) is 0 Å². The van der Waals surface area contributed by atoms with E-state index in [0.717, 1.165) is 57.0 Å². The zero-order valence-electron chi connectivity index (χ0n) is 11.7. The molecule has 1 aromatic rings. The average Bonchev–Trinajstić information content (AvgIpc) is 2.82. The Hall–Kier alpha value is -1.55. The predicted octanol–water partition coefficient (Wildman–Crippen LogP) is 2.10. The lowest BCUT2D eigenvalue weighted by Crippen LogP contribution is -2.31. The van der Waals surface area contributed by atoms with Crippen molar-refractivity contribution in [2.45, 2.75) is 25.7 Å². The molecule has 1 saturated heterocycles. The van der Waals surface area contributed by atoms with E-state index in [9.17, 15) is 4.79 Å². The van der Waals surface area contributed by atoms with Gasteiger partial charge in [-0.2, -0.15) is 0 Å². The van der Waals surface area contributed by atoms with Gasteiger partial charge in [0, 0.05) is 32.0 Å². The van der Waals surface area contributed by atoms with Crippen LogP contribution >= 0.6 is 0 Å². The van der Waals surface area contributed by atoms with Gasteiger partial charge in [-0.05, 0) is 42.4 Å². The Morgan fingerprint density at radius 3 is 2.90 bits per heavy atom. The molecule has 2 aliphatic rings. The fourth-order valence-electron chi connectivity index (χ4n) is 3.24. The Labute approximate surface area is 119 Å². The van der Waals surface area contributed by atoms with Crippen LogP contribution in [0.15, 0.2) is 18.2 Å². The molecular formula is C16H21NO3. The maximum absolute atomic E-state index is 10.8. The van der Waals surface area contributed by atoms with Gasteiger partial charge >= 0.3 is 5.97 Å². The maximum Gasteiger partial charge on any atom is 0.307 e. The molecule has 4 nitrogen and oxygen atoms in total. The molecule has 0 radical (unpaired) electrons. The minimum atomic E-state index is -0.762. The molecular weight excluding hydrogens is 254 g/mol. The van der Waals surface area contributed by atoms with E-state index < -0.39 is 5.97 Å². The molecule has 20 heavy (non-hydrogen) atoms. The number of carboxylic acid groups (broad SMARTS) is 1. The standard InChI is InChI=1S/C16H21NO3/c18-16(19)10-13-1-2-15-14(9-13)3-6-17(15)11-12-4-7-20-8-5-12/h1-2,9,12H,3-8,10-11H2,(H,18,19). The van der Waals surface area contributed by atoms with Crippen LogP contribution in [0.2, 0.25) is 0 Å². The third-order valence-electron chi connectivity index (χ3n) is 4.31. The zero-order chi connectivity index (χ0) is 13.9. The molecule has 0 bridgehead atoms. The second-order valence-corrected chi connectivity index (χ2v) is 5.79. The number of nitrogens with zero attached hydrogens (tertiary/aromatic N) is 1. The van der Waals surface area contributed by atoms with E-state index in [4.69, 9.17) is 9.84 Å². The monoisotopic (exact) mass is 275 g/mol. The van der Waals surface area contributed by atoms with Gasteiger partial charge in [-0.3, -0.25) is 4.79 Å². The van der Waals surface area contributed by atoms with Crippen molar-refractivity contribution in [1.82, 2.24) is 0 Å². The first kappa shape index (κ1) is 13.4. The summed E-state index contributed by atoms with van der Waals surface area (Å²) in [7, 11) is 0. The first-order valence-electron chi connectivity index (χ1n) is 7.38. The summed E-state index contributed by atoms with van der Waals surface area (Å²) in [5.74, 6) is -0.0320. The number of anilines is 1. The number of hydrogen-bond acceptors (Lipinski definition) is 3. The van der Waals surface area contributed by atoms with Crippen LogP contribution in [0.1, 0.15) is 24.0 Å². The molecule has 2 heterocycles. The molecule has 0 amide bonds. The normalized spacial score (nSPS) is 19.1. The molecule has 3 rings (SSSR count). The topological polar surface area (TPSA) is 49.8 Å². The van der Waals surface area contributed by atoms with Crippen molar-refractivity contribution < 1.29 is 14.6 Å². The summed E-state index contributed by atoms with van der Waals surface area (Å²) in [4.78, 5) is 13.2. The molecule has 0 atom stereocenters. The Bertz CT molecular complexity index is 494. The van der Waals surface area contributed by atoms with Crippen LogP contribution in [-0.2, 0) is 22.4 Å². The number of benzene rings is 1. The van der Waals surface area contributed by atoms with Crippen LogP contribution in [0.25, 0.3) is 0 Å². The van der Waals surface area contributed by atoms with Gasteiger partial charge in [0.2, 0.25) is 0 Å². The highest BCUT2D eigenvalue weighted by atomic mass is 16.5. The van der Waals surface area contributed by atoms with Crippen LogP contribution in [0.5, 0.6) is 0 Å². The molecule has 0 saturated carbocycles. The van der Waals surface area contributed by atoms with Crippen LogP contribution in [0.4, 0.5) is 5.69 Å². The molecule has 1 aromatic carbocycles. The quantitative estimate of drug-likeness (QED) is 0.914. The van der Waals surface area contributed by atoms with Crippen LogP contribution < -0.4 is 4.90 Å². The summed E-state index contributed by atoms with van der Waals surface area (Å²) in [6, 6.07) is 6.11. The van der Waals surface area contributed by atoms with Crippen molar-refractivity contribution in [3.63, 3.8) is 0 Å². The molecule has 0 unspecified atom stereocenters. The lowest BCUT2D eigenvalue weighted by atomic mass is 9.99. The third-order valence-corrected chi connectivity index (χ3v) is 4.31. The number of carboxylic acids is 1. The van der Waals surface area contributed by atoms with Gasteiger partial charge in [-0.1, -0.05) is 12.1 Å². The summed E-state index contributed by atoms with van der Waals surface area (Å²) in [6.45, 7) is 3.95. The van der Waals surface area contributed by atoms with Crippen molar-refractivity contribution in [3.05, 3.63) is 29.3 Å². The molecule has 4 heteroatoms. The Balaban J connectivity index is 1.68. The van der Waals surface area contributed by atoms with Gasteiger partial charge in [0.05, 0.1) is 6.42 Å². The Morgan fingerprint density at radius 1 is 1.35 bits per heavy atom. The lowest BCUT2D eigenvalue weighted by Gasteiger charge is -2.28. The van der Waals surface area contributed by atoms with E-state index in [-0.39, 0.29) is 6.42 Å². The SMILES string of the molecule is O=C(O)Cc1ccc2c(c1)CCN2CC1CCOCC1. The smallest absolute Gasteiger partial charge is 0.307 e. The van der Waals surface area contributed by atoms with Crippen LogP contribution in [-0.4, -0.2) is 37.4 Å². The van der Waals surface area contributed by atoms with E-state index in [2.05, 4.69) is 17.0 Å². The van der Waals surface area contributed by atoms with Gasteiger partial charge < -0.3 is 14.7 Å². The fraction of sp³-hybridized carbons (Fsp3) is 0.562. The highest BCUT2D eigenvalue weighted by Gasteiger charge is 2.23. The number of fused-ring (bicyclic) bond motifs is 1. The molecule has 1 fully saturated rings. The van der Waals surface area contributed by atoms with E-state index in [1.54, 1.807) is 0 Å². The zero-order valence-corrected chi connectivity index (χ0v) is 11.7. The summed E-state index contributed by atoms with van der Waals surface area (Å²) in [5, 5.41) is 8.86. The van der Waals surface area contributed by atoms with E-state index in [1.165, 1.54) is 11.3 Å². The fourth-order valence-corrected chi connectivity index (χ4v) is 3.24. The van der Waals surface area contributed by atoms with Crippen molar-refractivity contribution in [2.24, 2.45) is 5.92 Å². The number of aliphatic carboxylic acids is 1. The number of carbonyl (C=O) groups is 1. The molecule has 2 aliphatic heterocycles. The summed E-state index contributed by atoms with van der Waals surface area (Å²) in [5.41, 5.74) is 3.51. The van der Waals surface area contributed by atoms with Crippen molar-refractivity contribution >= 4 is 11.7 Å².